The second-order valence-corrected chi connectivity index (χ2v) is 13.4. The van der Waals surface area contributed by atoms with Crippen molar-refractivity contribution >= 4 is 17.9 Å². The van der Waals surface area contributed by atoms with Crippen LogP contribution < -0.4 is 0 Å². The first-order chi connectivity index (χ1) is 19.6. The lowest BCUT2D eigenvalue weighted by Gasteiger charge is -2.72. The van der Waals surface area contributed by atoms with E-state index in [1.165, 1.54) is 19.6 Å². The SMILES string of the molecule is C=C1C2CCC3(C)C(c4ccoc4)OC(=O)C(O)C13OC1C(OC(=O)C(C)=CC)C(O)C(C)(C)C(CC(=O)OC)C21C. The Balaban J connectivity index is 1.72. The first-order valence-corrected chi connectivity index (χ1v) is 14.5. The Morgan fingerprint density at radius 2 is 1.90 bits per heavy atom. The normalized spacial score (nSPS) is 42.6. The van der Waals surface area contributed by atoms with E-state index < -0.39 is 76.2 Å². The highest BCUT2D eigenvalue weighted by atomic mass is 16.6. The first kappa shape index (κ1) is 30.5. The Morgan fingerprint density at radius 3 is 2.50 bits per heavy atom. The second kappa shape index (κ2) is 10.1. The van der Waals surface area contributed by atoms with E-state index in [-0.39, 0.29) is 12.3 Å². The van der Waals surface area contributed by atoms with Gasteiger partial charge in [-0.2, -0.15) is 0 Å². The number of carbonyl (C=O) groups excluding carboxylic acids is 3. The molecular weight excluding hydrogens is 544 g/mol. The number of esters is 3. The van der Waals surface area contributed by atoms with Crippen molar-refractivity contribution in [2.75, 3.05) is 7.11 Å². The second-order valence-electron chi connectivity index (χ2n) is 13.4. The van der Waals surface area contributed by atoms with E-state index in [4.69, 9.17) is 23.4 Å². The molecule has 1 aromatic heterocycles. The van der Waals surface area contributed by atoms with Gasteiger partial charge in [0.2, 0.25) is 0 Å². The van der Waals surface area contributed by atoms with E-state index in [1.807, 2.05) is 27.7 Å². The van der Waals surface area contributed by atoms with Gasteiger partial charge in [0.25, 0.3) is 0 Å². The Morgan fingerprint density at radius 1 is 1.21 bits per heavy atom. The molecule has 5 rings (SSSR count). The summed E-state index contributed by atoms with van der Waals surface area (Å²) in [6.45, 7) is 15.4. The molecule has 3 heterocycles. The lowest BCUT2D eigenvalue weighted by Crippen LogP contribution is -2.79. The minimum Gasteiger partial charge on any atom is -0.472 e. The van der Waals surface area contributed by atoms with Gasteiger partial charge in [-0.05, 0) is 55.6 Å². The van der Waals surface area contributed by atoms with Gasteiger partial charge in [-0.15, -0.1) is 0 Å². The summed E-state index contributed by atoms with van der Waals surface area (Å²) in [5, 5.41) is 23.6. The molecule has 0 amide bonds. The predicted molar refractivity (Wildman–Crippen MR) is 148 cm³/mol. The van der Waals surface area contributed by atoms with Crippen molar-refractivity contribution in [2.24, 2.45) is 28.1 Å². The van der Waals surface area contributed by atoms with Crippen molar-refractivity contribution in [3.63, 3.8) is 0 Å². The van der Waals surface area contributed by atoms with Crippen LogP contribution in [0.3, 0.4) is 0 Å². The van der Waals surface area contributed by atoms with Crippen LogP contribution in [-0.2, 0) is 33.3 Å². The number of allylic oxidation sites excluding steroid dienone is 1. The zero-order valence-corrected chi connectivity index (χ0v) is 25.3. The minimum atomic E-state index is -1.73. The summed E-state index contributed by atoms with van der Waals surface area (Å²) in [6.07, 6.45) is -0.404. The molecule has 1 aromatic rings. The van der Waals surface area contributed by atoms with Crippen LogP contribution in [0.5, 0.6) is 0 Å². The van der Waals surface area contributed by atoms with Gasteiger partial charge in [0.1, 0.15) is 17.8 Å². The molecule has 2 N–H and O–H groups in total. The highest BCUT2D eigenvalue weighted by Gasteiger charge is 2.78. The largest absolute Gasteiger partial charge is 0.472 e. The molecule has 2 aliphatic heterocycles. The van der Waals surface area contributed by atoms with E-state index in [0.29, 0.717) is 29.6 Å². The fraction of sp³-hybridized carbons (Fsp3) is 0.656. The average Bonchev–Trinajstić information content (AvgIpc) is 3.48. The molecule has 4 fully saturated rings. The molecule has 2 bridgehead atoms. The van der Waals surface area contributed by atoms with E-state index >= 15 is 0 Å². The molecule has 2 aliphatic carbocycles. The molecule has 4 aliphatic rings. The maximum absolute atomic E-state index is 13.4. The smallest absolute Gasteiger partial charge is 0.339 e. The van der Waals surface area contributed by atoms with Crippen molar-refractivity contribution in [3.8, 4) is 0 Å². The third kappa shape index (κ3) is 3.84. The van der Waals surface area contributed by atoms with Crippen LogP contribution in [0.25, 0.3) is 0 Å². The number of cyclic esters (lactones) is 1. The van der Waals surface area contributed by atoms with Gasteiger partial charge in [-0.3, -0.25) is 4.79 Å². The Kier molecular flexibility index (Phi) is 7.31. The predicted octanol–water partition coefficient (Wildman–Crippen LogP) is 3.81. The highest BCUT2D eigenvalue weighted by Crippen LogP contribution is 2.72. The zero-order valence-electron chi connectivity index (χ0n) is 25.3. The number of fused-ring (bicyclic) bond motifs is 3. The summed E-state index contributed by atoms with van der Waals surface area (Å²) >= 11 is 0. The molecule has 10 heteroatoms. The monoisotopic (exact) mass is 586 g/mol. The molecule has 10 unspecified atom stereocenters. The summed E-state index contributed by atoms with van der Waals surface area (Å²) in [7, 11) is 1.32. The number of rotatable bonds is 5. The van der Waals surface area contributed by atoms with Crippen molar-refractivity contribution in [2.45, 2.75) is 96.9 Å². The fourth-order valence-corrected chi connectivity index (χ4v) is 8.72. The topological polar surface area (TPSA) is 142 Å². The fourth-order valence-electron chi connectivity index (χ4n) is 8.72. The molecule has 230 valence electrons. The summed E-state index contributed by atoms with van der Waals surface area (Å²) in [6, 6.07) is 1.71. The molecule has 10 nitrogen and oxygen atoms in total. The number of ether oxygens (including phenoxy) is 4. The van der Waals surface area contributed by atoms with Crippen LogP contribution in [0.4, 0.5) is 0 Å². The average molecular weight is 587 g/mol. The summed E-state index contributed by atoms with van der Waals surface area (Å²) in [5.74, 6) is -2.82. The molecule has 1 spiro atoms. The summed E-state index contributed by atoms with van der Waals surface area (Å²) < 4.78 is 29.3. The number of carbonyl (C=O) groups is 3. The lowest BCUT2D eigenvalue weighted by molar-refractivity contribution is -0.354. The summed E-state index contributed by atoms with van der Waals surface area (Å²) in [4.78, 5) is 39.3. The summed E-state index contributed by atoms with van der Waals surface area (Å²) in [5.41, 5.74) is -3.02. The van der Waals surface area contributed by atoms with Gasteiger partial charge < -0.3 is 33.6 Å². The Hall–Kier alpha value is -2.95. The quantitative estimate of drug-likeness (QED) is 0.226. The van der Waals surface area contributed by atoms with Gasteiger partial charge in [0.15, 0.2) is 12.2 Å². The molecule has 2 saturated heterocycles. The number of methoxy groups -OCH3 is 1. The molecule has 2 saturated carbocycles. The number of hydrogen-bond donors (Lipinski definition) is 2. The highest BCUT2D eigenvalue weighted by molar-refractivity contribution is 5.87. The van der Waals surface area contributed by atoms with Crippen LogP contribution in [0.2, 0.25) is 0 Å². The van der Waals surface area contributed by atoms with Gasteiger partial charge in [-0.25, -0.2) is 9.59 Å². The van der Waals surface area contributed by atoms with Gasteiger partial charge in [0, 0.05) is 28.4 Å². The van der Waals surface area contributed by atoms with Crippen LogP contribution in [0.1, 0.15) is 72.5 Å². The maximum Gasteiger partial charge on any atom is 0.339 e. The van der Waals surface area contributed by atoms with E-state index in [2.05, 4.69) is 6.58 Å². The Bertz CT molecular complexity index is 1310. The van der Waals surface area contributed by atoms with Crippen LogP contribution >= 0.6 is 0 Å². The van der Waals surface area contributed by atoms with Crippen LogP contribution in [-0.4, -0.2) is 65.2 Å². The van der Waals surface area contributed by atoms with Gasteiger partial charge in [-0.1, -0.05) is 40.3 Å². The first-order valence-electron chi connectivity index (χ1n) is 14.5. The number of aliphatic hydroxyl groups excluding tert-OH is 2. The standard InChI is InChI=1S/C32H42O10/c1-9-16(2)27(36)40-22-23(34)29(4,5)20(14-21(33)38-8)31(7)19-10-12-30(6)25(18-11-13-39-15-18)41-28(37)24(35)32(30,17(19)3)42-26(22)31/h9,11,13,15,19-20,22-26,34-35H,3,10,12,14H2,1-2,4-8H3. The lowest BCUT2D eigenvalue weighted by atomic mass is 9.40. The van der Waals surface area contributed by atoms with E-state index in [1.54, 1.807) is 26.0 Å². The van der Waals surface area contributed by atoms with Gasteiger partial charge >= 0.3 is 17.9 Å². The number of hydrogen-bond acceptors (Lipinski definition) is 10. The van der Waals surface area contributed by atoms with E-state index in [0.717, 1.165) is 0 Å². The van der Waals surface area contributed by atoms with Crippen molar-refractivity contribution in [1.29, 1.82) is 0 Å². The molecule has 0 aromatic carbocycles. The molecular formula is C32H42O10. The van der Waals surface area contributed by atoms with Crippen LogP contribution in [0.15, 0.2) is 46.8 Å². The van der Waals surface area contributed by atoms with Crippen molar-refractivity contribution < 1.29 is 48.0 Å². The van der Waals surface area contributed by atoms with Crippen LogP contribution in [0, 0.1) is 28.1 Å². The molecule has 10 atom stereocenters. The van der Waals surface area contributed by atoms with E-state index in [9.17, 15) is 24.6 Å². The zero-order chi connectivity index (χ0) is 31.0. The third-order valence-corrected chi connectivity index (χ3v) is 11.3. The third-order valence-electron chi connectivity index (χ3n) is 11.3. The van der Waals surface area contributed by atoms with Gasteiger partial charge in [0.05, 0.1) is 25.7 Å². The molecule has 0 radical (unpaired) electrons. The minimum absolute atomic E-state index is 0.0260. The molecule has 42 heavy (non-hydrogen) atoms. The Labute approximate surface area is 246 Å². The maximum atomic E-state index is 13.4. The number of furan rings is 1. The van der Waals surface area contributed by atoms with Crippen molar-refractivity contribution in [3.05, 3.63) is 48.0 Å². The number of aliphatic hydroxyl groups is 2. The van der Waals surface area contributed by atoms with Crippen molar-refractivity contribution in [1.82, 2.24) is 0 Å².